The minimum Gasteiger partial charge on any atom is -0.338 e. The molecule has 0 radical (unpaired) electrons. The van der Waals surface area contributed by atoms with Crippen molar-refractivity contribution in [1.82, 2.24) is 15.3 Å². The SMILES string of the molecule is O=C(c1ccc(F)cc1)c1cnc(N2CCNCC2)nc1. The van der Waals surface area contributed by atoms with Crippen molar-refractivity contribution >= 4 is 11.7 Å². The number of carbonyl (C=O) groups is 1. The fraction of sp³-hybridized carbons (Fsp3) is 0.267. The molecule has 1 aromatic heterocycles. The Kier molecular flexibility index (Phi) is 3.87. The molecule has 1 fully saturated rings. The second-order valence-corrected chi connectivity index (χ2v) is 4.84. The van der Waals surface area contributed by atoms with E-state index in [2.05, 4.69) is 20.2 Å². The zero-order valence-electron chi connectivity index (χ0n) is 11.4. The summed E-state index contributed by atoms with van der Waals surface area (Å²) in [5.41, 5.74) is 0.829. The summed E-state index contributed by atoms with van der Waals surface area (Å²) in [6, 6.07) is 5.45. The molecule has 0 amide bonds. The number of hydrogen-bond acceptors (Lipinski definition) is 5. The molecule has 0 aliphatic carbocycles. The molecule has 2 heterocycles. The van der Waals surface area contributed by atoms with Crippen LogP contribution in [0.25, 0.3) is 0 Å². The van der Waals surface area contributed by atoms with Gasteiger partial charge in [-0.3, -0.25) is 4.79 Å². The van der Waals surface area contributed by atoms with Crippen molar-refractivity contribution in [2.45, 2.75) is 0 Å². The molecule has 6 heteroatoms. The molecule has 1 saturated heterocycles. The quantitative estimate of drug-likeness (QED) is 0.861. The highest BCUT2D eigenvalue weighted by atomic mass is 19.1. The fourth-order valence-electron chi connectivity index (χ4n) is 2.23. The number of hydrogen-bond donors (Lipinski definition) is 1. The monoisotopic (exact) mass is 286 g/mol. The van der Waals surface area contributed by atoms with Crippen LogP contribution < -0.4 is 10.2 Å². The Labute approximate surface area is 121 Å². The number of benzene rings is 1. The normalized spacial score (nSPS) is 15.0. The van der Waals surface area contributed by atoms with Gasteiger partial charge in [0, 0.05) is 44.1 Å². The second kappa shape index (κ2) is 5.97. The molecule has 5 nitrogen and oxygen atoms in total. The molecule has 0 spiro atoms. The highest BCUT2D eigenvalue weighted by molar-refractivity contribution is 6.08. The first-order chi connectivity index (χ1) is 10.2. The van der Waals surface area contributed by atoms with E-state index in [9.17, 15) is 9.18 Å². The molecule has 0 atom stereocenters. The van der Waals surface area contributed by atoms with Crippen molar-refractivity contribution in [3.05, 3.63) is 53.6 Å². The summed E-state index contributed by atoms with van der Waals surface area (Å²) in [6.45, 7) is 3.51. The maximum atomic E-state index is 12.9. The molecule has 3 rings (SSSR count). The van der Waals surface area contributed by atoms with Crippen molar-refractivity contribution < 1.29 is 9.18 Å². The van der Waals surface area contributed by atoms with E-state index in [1.54, 1.807) is 0 Å². The molecule has 0 saturated carbocycles. The van der Waals surface area contributed by atoms with E-state index < -0.39 is 0 Å². The van der Waals surface area contributed by atoms with Crippen LogP contribution in [0.15, 0.2) is 36.7 Å². The van der Waals surface area contributed by atoms with Crippen LogP contribution in [0.5, 0.6) is 0 Å². The van der Waals surface area contributed by atoms with Crippen molar-refractivity contribution in [2.75, 3.05) is 31.1 Å². The lowest BCUT2D eigenvalue weighted by atomic mass is 10.1. The van der Waals surface area contributed by atoms with Gasteiger partial charge < -0.3 is 10.2 Å². The molecule has 108 valence electrons. The molecular weight excluding hydrogens is 271 g/mol. The molecule has 0 bridgehead atoms. The van der Waals surface area contributed by atoms with Crippen LogP contribution in [0.1, 0.15) is 15.9 Å². The summed E-state index contributed by atoms with van der Waals surface area (Å²) >= 11 is 0. The van der Waals surface area contributed by atoms with Crippen LogP contribution in [-0.2, 0) is 0 Å². The third kappa shape index (κ3) is 3.05. The van der Waals surface area contributed by atoms with Gasteiger partial charge in [0.05, 0.1) is 5.56 Å². The molecule has 1 N–H and O–H groups in total. The Morgan fingerprint density at radius 2 is 1.67 bits per heavy atom. The van der Waals surface area contributed by atoms with E-state index >= 15 is 0 Å². The van der Waals surface area contributed by atoms with Crippen LogP contribution in [0, 0.1) is 5.82 Å². The van der Waals surface area contributed by atoms with Gasteiger partial charge >= 0.3 is 0 Å². The first-order valence-corrected chi connectivity index (χ1v) is 6.82. The highest BCUT2D eigenvalue weighted by Crippen LogP contribution is 2.12. The molecular formula is C15H15FN4O. The molecule has 1 aromatic carbocycles. The average Bonchev–Trinajstić information content (AvgIpc) is 2.56. The van der Waals surface area contributed by atoms with Gasteiger partial charge in [0.15, 0.2) is 5.78 Å². The first kappa shape index (κ1) is 13.6. The van der Waals surface area contributed by atoms with Gasteiger partial charge in [0.1, 0.15) is 5.82 Å². The number of nitrogens with one attached hydrogen (secondary N) is 1. The smallest absolute Gasteiger partial charge is 0.225 e. The summed E-state index contributed by atoms with van der Waals surface area (Å²) in [6.07, 6.45) is 3.05. The summed E-state index contributed by atoms with van der Waals surface area (Å²) in [5.74, 6) is 0.0610. The summed E-state index contributed by atoms with van der Waals surface area (Å²) in [5, 5.41) is 3.26. The Bertz CT molecular complexity index is 621. The number of anilines is 1. The van der Waals surface area contributed by atoms with Gasteiger partial charge in [-0.05, 0) is 24.3 Å². The lowest BCUT2D eigenvalue weighted by Crippen LogP contribution is -2.44. The predicted octanol–water partition coefficient (Wildman–Crippen LogP) is 1.26. The van der Waals surface area contributed by atoms with Gasteiger partial charge in [-0.25, -0.2) is 14.4 Å². The van der Waals surface area contributed by atoms with Gasteiger partial charge in [0.25, 0.3) is 0 Å². The number of nitrogens with zero attached hydrogens (tertiary/aromatic N) is 3. The Morgan fingerprint density at radius 3 is 2.29 bits per heavy atom. The molecule has 21 heavy (non-hydrogen) atoms. The van der Waals surface area contributed by atoms with E-state index in [-0.39, 0.29) is 11.6 Å². The minimum absolute atomic E-state index is 0.207. The van der Waals surface area contributed by atoms with E-state index in [4.69, 9.17) is 0 Å². The zero-order chi connectivity index (χ0) is 14.7. The van der Waals surface area contributed by atoms with Gasteiger partial charge in [-0.2, -0.15) is 0 Å². The van der Waals surface area contributed by atoms with E-state index in [1.165, 1.54) is 36.7 Å². The number of aromatic nitrogens is 2. The predicted molar refractivity (Wildman–Crippen MR) is 76.9 cm³/mol. The maximum Gasteiger partial charge on any atom is 0.225 e. The number of carbonyl (C=O) groups excluding carboxylic acids is 1. The number of piperazine rings is 1. The lowest BCUT2D eigenvalue weighted by molar-refractivity contribution is 0.103. The van der Waals surface area contributed by atoms with E-state index in [1.807, 2.05) is 0 Å². The second-order valence-electron chi connectivity index (χ2n) is 4.84. The van der Waals surface area contributed by atoms with Crippen LogP contribution in [0.4, 0.5) is 10.3 Å². The Morgan fingerprint density at radius 1 is 1.05 bits per heavy atom. The number of ketones is 1. The highest BCUT2D eigenvalue weighted by Gasteiger charge is 2.15. The van der Waals surface area contributed by atoms with Gasteiger partial charge in [-0.1, -0.05) is 0 Å². The Balaban J connectivity index is 1.77. The molecule has 1 aliphatic heterocycles. The van der Waals surface area contributed by atoms with Gasteiger partial charge in [-0.15, -0.1) is 0 Å². The average molecular weight is 286 g/mol. The molecule has 2 aromatic rings. The summed E-state index contributed by atoms with van der Waals surface area (Å²) < 4.78 is 12.9. The van der Waals surface area contributed by atoms with Crippen LogP contribution in [0.3, 0.4) is 0 Å². The van der Waals surface area contributed by atoms with Crippen molar-refractivity contribution in [3.8, 4) is 0 Å². The maximum absolute atomic E-state index is 12.9. The summed E-state index contributed by atoms with van der Waals surface area (Å²) in [7, 11) is 0. The third-order valence-electron chi connectivity index (χ3n) is 3.41. The van der Waals surface area contributed by atoms with Crippen LogP contribution in [-0.4, -0.2) is 41.9 Å². The van der Waals surface area contributed by atoms with Crippen molar-refractivity contribution in [1.29, 1.82) is 0 Å². The largest absolute Gasteiger partial charge is 0.338 e. The lowest BCUT2D eigenvalue weighted by Gasteiger charge is -2.27. The first-order valence-electron chi connectivity index (χ1n) is 6.82. The number of halogens is 1. The minimum atomic E-state index is -0.364. The van der Waals surface area contributed by atoms with E-state index in [0.29, 0.717) is 17.1 Å². The third-order valence-corrected chi connectivity index (χ3v) is 3.41. The van der Waals surface area contributed by atoms with Crippen LogP contribution in [0.2, 0.25) is 0 Å². The number of rotatable bonds is 3. The topological polar surface area (TPSA) is 58.1 Å². The van der Waals surface area contributed by atoms with E-state index in [0.717, 1.165) is 26.2 Å². The molecule has 0 unspecified atom stereocenters. The zero-order valence-corrected chi connectivity index (χ0v) is 11.4. The van der Waals surface area contributed by atoms with Gasteiger partial charge in [0.2, 0.25) is 5.95 Å². The standard InChI is InChI=1S/C15H15FN4O/c16-13-3-1-11(2-4-13)14(21)12-9-18-15(19-10-12)20-7-5-17-6-8-20/h1-4,9-10,17H,5-8H2. The molecule has 1 aliphatic rings. The Hall–Kier alpha value is -2.34. The van der Waals surface area contributed by atoms with Crippen molar-refractivity contribution in [3.63, 3.8) is 0 Å². The summed E-state index contributed by atoms with van der Waals surface area (Å²) in [4.78, 5) is 22.8. The van der Waals surface area contributed by atoms with Crippen LogP contribution >= 0.6 is 0 Å². The van der Waals surface area contributed by atoms with Crippen molar-refractivity contribution in [2.24, 2.45) is 0 Å². The fourth-order valence-corrected chi connectivity index (χ4v) is 2.23.